The van der Waals surface area contributed by atoms with E-state index in [1.54, 1.807) is 6.92 Å². The lowest BCUT2D eigenvalue weighted by Gasteiger charge is -2.08. The minimum atomic E-state index is -0.781. The topological polar surface area (TPSA) is 78.4 Å². The van der Waals surface area contributed by atoms with E-state index in [4.69, 9.17) is 5.11 Å². The molecule has 1 aliphatic rings. The largest absolute Gasteiger partial charge is 0.481 e. The van der Waals surface area contributed by atoms with E-state index in [-0.39, 0.29) is 11.9 Å². The number of urea groups is 1. The van der Waals surface area contributed by atoms with Crippen LogP contribution in [0.2, 0.25) is 0 Å². The van der Waals surface area contributed by atoms with Crippen molar-refractivity contribution in [3.8, 4) is 0 Å². The average molecular weight is 228 g/mol. The summed E-state index contributed by atoms with van der Waals surface area (Å²) in [5.74, 6) is -0.526. The van der Waals surface area contributed by atoms with Crippen LogP contribution in [0.5, 0.6) is 0 Å². The summed E-state index contributed by atoms with van der Waals surface area (Å²) >= 11 is 0. The zero-order valence-electron chi connectivity index (χ0n) is 9.82. The number of hydrogen-bond donors (Lipinski definition) is 3. The van der Waals surface area contributed by atoms with Gasteiger partial charge in [0.25, 0.3) is 0 Å². The van der Waals surface area contributed by atoms with Gasteiger partial charge >= 0.3 is 12.0 Å². The highest BCUT2D eigenvalue weighted by Crippen LogP contribution is 2.28. The van der Waals surface area contributed by atoms with Crippen LogP contribution in [0.3, 0.4) is 0 Å². The fourth-order valence-electron chi connectivity index (χ4n) is 1.48. The van der Waals surface area contributed by atoms with Crippen LogP contribution in [0, 0.1) is 11.8 Å². The molecule has 2 amide bonds. The van der Waals surface area contributed by atoms with E-state index in [0.29, 0.717) is 31.3 Å². The molecular formula is C11H20N2O3. The van der Waals surface area contributed by atoms with E-state index in [9.17, 15) is 9.59 Å². The van der Waals surface area contributed by atoms with E-state index >= 15 is 0 Å². The number of carbonyl (C=O) groups excluding carboxylic acids is 1. The van der Waals surface area contributed by atoms with Gasteiger partial charge in [-0.15, -0.1) is 0 Å². The van der Waals surface area contributed by atoms with Crippen molar-refractivity contribution in [3.63, 3.8) is 0 Å². The normalized spacial score (nSPS) is 24.6. The molecular weight excluding hydrogens is 208 g/mol. The fourth-order valence-corrected chi connectivity index (χ4v) is 1.48. The lowest BCUT2D eigenvalue weighted by atomic mass is 10.1. The van der Waals surface area contributed by atoms with E-state index in [1.807, 2.05) is 0 Å². The number of amides is 2. The van der Waals surface area contributed by atoms with Crippen molar-refractivity contribution >= 4 is 12.0 Å². The van der Waals surface area contributed by atoms with Gasteiger partial charge in [-0.25, -0.2) is 4.79 Å². The van der Waals surface area contributed by atoms with Crippen molar-refractivity contribution in [1.82, 2.24) is 10.6 Å². The first-order valence-electron chi connectivity index (χ1n) is 5.78. The van der Waals surface area contributed by atoms with Crippen LogP contribution < -0.4 is 10.6 Å². The predicted octanol–water partition coefficient (Wildman–Crippen LogP) is 1.19. The molecule has 3 unspecified atom stereocenters. The molecule has 3 N–H and O–H groups in total. The summed E-state index contributed by atoms with van der Waals surface area (Å²) in [6, 6.07) is 0.190. The maximum atomic E-state index is 11.3. The van der Waals surface area contributed by atoms with Crippen molar-refractivity contribution in [2.24, 2.45) is 11.8 Å². The molecule has 0 aliphatic heterocycles. The molecule has 92 valence electrons. The average Bonchev–Trinajstić information content (AvgIpc) is 2.88. The summed E-state index contributed by atoms with van der Waals surface area (Å²) in [4.78, 5) is 21.8. The minimum Gasteiger partial charge on any atom is -0.481 e. The third-order valence-corrected chi connectivity index (χ3v) is 2.95. The first kappa shape index (κ1) is 12.8. The molecule has 3 atom stereocenters. The number of hydrogen-bond acceptors (Lipinski definition) is 2. The van der Waals surface area contributed by atoms with Gasteiger partial charge in [-0.2, -0.15) is 0 Å². The Bertz CT molecular complexity index is 268. The Morgan fingerprint density at radius 3 is 2.62 bits per heavy atom. The Balaban J connectivity index is 1.98. The molecule has 0 radical (unpaired) electrons. The maximum absolute atomic E-state index is 11.3. The van der Waals surface area contributed by atoms with Crippen LogP contribution in [0.15, 0.2) is 0 Å². The monoisotopic (exact) mass is 228 g/mol. The zero-order chi connectivity index (χ0) is 12.1. The van der Waals surface area contributed by atoms with Gasteiger partial charge in [0.1, 0.15) is 0 Å². The number of carboxylic acids is 1. The van der Waals surface area contributed by atoms with E-state index < -0.39 is 5.97 Å². The minimum absolute atomic E-state index is 0.141. The van der Waals surface area contributed by atoms with Gasteiger partial charge in [-0.3, -0.25) is 4.79 Å². The number of carbonyl (C=O) groups is 2. The first-order chi connectivity index (χ1) is 7.50. The highest BCUT2D eigenvalue weighted by atomic mass is 16.4. The summed E-state index contributed by atoms with van der Waals surface area (Å²) in [5.41, 5.74) is 0. The third kappa shape index (κ3) is 4.51. The van der Waals surface area contributed by atoms with E-state index in [0.717, 1.165) is 6.42 Å². The standard InChI is InChI=1S/C11H20N2O3/c1-7(10(14)15)4-3-5-12-11(16)13-9-6-8(9)2/h7-9H,3-6H2,1-2H3,(H,14,15)(H2,12,13,16). The van der Waals surface area contributed by atoms with Crippen LogP contribution >= 0.6 is 0 Å². The Kier molecular flexibility index (Phi) is 4.58. The Labute approximate surface area is 95.6 Å². The molecule has 0 aromatic rings. The van der Waals surface area contributed by atoms with Gasteiger partial charge in [0.05, 0.1) is 5.92 Å². The molecule has 1 fully saturated rings. The number of rotatable bonds is 6. The molecule has 0 aromatic carbocycles. The molecule has 0 bridgehead atoms. The van der Waals surface area contributed by atoms with Crippen molar-refractivity contribution in [1.29, 1.82) is 0 Å². The Morgan fingerprint density at radius 1 is 1.50 bits per heavy atom. The van der Waals surface area contributed by atoms with Crippen LogP contribution in [-0.2, 0) is 4.79 Å². The van der Waals surface area contributed by atoms with Crippen molar-refractivity contribution < 1.29 is 14.7 Å². The summed E-state index contributed by atoms with van der Waals surface area (Å²) in [6.07, 6.45) is 2.35. The Hall–Kier alpha value is -1.26. The lowest BCUT2D eigenvalue weighted by Crippen LogP contribution is -2.37. The highest BCUT2D eigenvalue weighted by Gasteiger charge is 2.33. The predicted molar refractivity (Wildman–Crippen MR) is 60.1 cm³/mol. The van der Waals surface area contributed by atoms with Crippen LogP contribution in [0.25, 0.3) is 0 Å². The van der Waals surface area contributed by atoms with Crippen LogP contribution in [0.1, 0.15) is 33.1 Å². The second kappa shape index (κ2) is 5.72. The Morgan fingerprint density at radius 2 is 2.12 bits per heavy atom. The molecule has 0 heterocycles. The molecule has 0 spiro atoms. The van der Waals surface area contributed by atoms with Crippen molar-refractivity contribution in [2.45, 2.75) is 39.2 Å². The molecule has 16 heavy (non-hydrogen) atoms. The van der Waals surface area contributed by atoms with E-state index in [2.05, 4.69) is 17.6 Å². The summed E-state index contributed by atoms with van der Waals surface area (Å²) in [5, 5.41) is 14.2. The third-order valence-electron chi connectivity index (χ3n) is 2.95. The quantitative estimate of drug-likeness (QED) is 0.598. The van der Waals surface area contributed by atoms with Gasteiger partial charge < -0.3 is 15.7 Å². The summed E-state index contributed by atoms with van der Waals surface area (Å²) in [6.45, 7) is 4.30. The first-order valence-corrected chi connectivity index (χ1v) is 5.78. The lowest BCUT2D eigenvalue weighted by molar-refractivity contribution is -0.141. The van der Waals surface area contributed by atoms with Crippen LogP contribution in [0.4, 0.5) is 4.79 Å². The number of aliphatic carboxylic acids is 1. The van der Waals surface area contributed by atoms with Gasteiger partial charge in [-0.1, -0.05) is 13.8 Å². The maximum Gasteiger partial charge on any atom is 0.315 e. The van der Waals surface area contributed by atoms with Crippen molar-refractivity contribution in [3.05, 3.63) is 0 Å². The summed E-state index contributed by atoms with van der Waals surface area (Å²) in [7, 11) is 0. The highest BCUT2D eigenvalue weighted by molar-refractivity contribution is 5.74. The summed E-state index contributed by atoms with van der Waals surface area (Å²) < 4.78 is 0. The second-order valence-corrected chi connectivity index (χ2v) is 4.60. The fraction of sp³-hybridized carbons (Fsp3) is 0.818. The van der Waals surface area contributed by atoms with Gasteiger partial charge in [0, 0.05) is 12.6 Å². The molecule has 0 aromatic heterocycles. The molecule has 5 nitrogen and oxygen atoms in total. The van der Waals surface area contributed by atoms with Gasteiger partial charge in [0.2, 0.25) is 0 Å². The smallest absolute Gasteiger partial charge is 0.315 e. The molecule has 1 aliphatic carbocycles. The molecule has 1 saturated carbocycles. The second-order valence-electron chi connectivity index (χ2n) is 4.60. The van der Waals surface area contributed by atoms with E-state index in [1.165, 1.54) is 0 Å². The molecule has 5 heteroatoms. The zero-order valence-corrected chi connectivity index (χ0v) is 9.82. The number of nitrogens with one attached hydrogen (secondary N) is 2. The van der Waals surface area contributed by atoms with Crippen LogP contribution in [-0.4, -0.2) is 29.7 Å². The van der Waals surface area contributed by atoms with Gasteiger partial charge in [-0.05, 0) is 25.2 Å². The van der Waals surface area contributed by atoms with Crippen molar-refractivity contribution in [2.75, 3.05) is 6.54 Å². The molecule has 0 saturated heterocycles. The SMILES string of the molecule is CC(CCCNC(=O)NC1CC1C)C(=O)O. The number of carboxylic acid groups (broad SMARTS) is 1. The molecule has 1 rings (SSSR count). The van der Waals surface area contributed by atoms with Gasteiger partial charge in [0.15, 0.2) is 0 Å².